The molecule has 4 heteroatoms. The van der Waals surface area contributed by atoms with Gasteiger partial charge in [-0.05, 0) is 37.1 Å². The molecule has 1 aliphatic rings. The summed E-state index contributed by atoms with van der Waals surface area (Å²) in [7, 11) is 0. The molecule has 1 fully saturated rings. The zero-order valence-corrected chi connectivity index (χ0v) is 12.5. The molecule has 2 atom stereocenters. The van der Waals surface area contributed by atoms with Crippen molar-refractivity contribution in [3.63, 3.8) is 0 Å². The lowest BCUT2D eigenvalue weighted by Gasteiger charge is -2.21. The SMILES string of the molecule is O=C(NC1CCCCCC1Cl)c1ccc(Br)cc1. The minimum atomic E-state index is -0.0277. The first-order valence-electron chi connectivity index (χ1n) is 6.37. The summed E-state index contributed by atoms with van der Waals surface area (Å²) in [6.45, 7) is 0. The number of hydrogen-bond acceptors (Lipinski definition) is 1. The van der Waals surface area contributed by atoms with Crippen molar-refractivity contribution < 1.29 is 4.79 Å². The predicted octanol–water partition coefficient (Wildman–Crippen LogP) is 4.12. The van der Waals surface area contributed by atoms with Crippen LogP contribution in [0.5, 0.6) is 0 Å². The minimum Gasteiger partial charge on any atom is -0.348 e. The average molecular weight is 331 g/mol. The van der Waals surface area contributed by atoms with Crippen LogP contribution in [-0.2, 0) is 0 Å². The number of carbonyl (C=O) groups is 1. The first-order chi connectivity index (χ1) is 8.66. The summed E-state index contributed by atoms with van der Waals surface area (Å²) in [5.41, 5.74) is 0.686. The fourth-order valence-electron chi connectivity index (χ4n) is 2.28. The fraction of sp³-hybridized carbons (Fsp3) is 0.500. The van der Waals surface area contributed by atoms with Crippen LogP contribution >= 0.6 is 27.5 Å². The van der Waals surface area contributed by atoms with Crippen molar-refractivity contribution in [2.24, 2.45) is 0 Å². The van der Waals surface area contributed by atoms with Gasteiger partial charge in [0.05, 0.1) is 5.38 Å². The highest BCUT2D eigenvalue weighted by Crippen LogP contribution is 2.22. The molecule has 18 heavy (non-hydrogen) atoms. The second-order valence-corrected chi connectivity index (χ2v) is 6.22. The topological polar surface area (TPSA) is 29.1 Å². The average Bonchev–Trinajstić information content (AvgIpc) is 2.56. The van der Waals surface area contributed by atoms with Crippen molar-refractivity contribution in [1.29, 1.82) is 0 Å². The summed E-state index contributed by atoms with van der Waals surface area (Å²) in [5, 5.41) is 3.12. The van der Waals surface area contributed by atoms with Crippen molar-refractivity contribution >= 4 is 33.4 Å². The van der Waals surface area contributed by atoms with E-state index in [4.69, 9.17) is 11.6 Å². The van der Waals surface area contributed by atoms with Crippen molar-refractivity contribution in [2.45, 2.75) is 43.5 Å². The Kier molecular flexibility index (Phi) is 5.07. The van der Waals surface area contributed by atoms with E-state index in [1.807, 2.05) is 24.3 Å². The van der Waals surface area contributed by atoms with E-state index in [1.54, 1.807) is 0 Å². The molecule has 1 saturated carbocycles. The largest absolute Gasteiger partial charge is 0.348 e. The molecule has 1 aromatic carbocycles. The van der Waals surface area contributed by atoms with Gasteiger partial charge in [-0.15, -0.1) is 11.6 Å². The maximum absolute atomic E-state index is 12.1. The molecule has 0 bridgehead atoms. The number of amides is 1. The van der Waals surface area contributed by atoms with Gasteiger partial charge in [-0.25, -0.2) is 0 Å². The van der Waals surface area contributed by atoms with E-state index in [2.05, 4.69) is 21.2 Å². The molecule has 0 aliphatic heterocycles. The highest BCUT2D eigenvalue weighted by atomic mass is 79.9. The Morgan fingerprint density at radius 1 is 1.17 bits per heavy atom. The summed E-state index contributed by atoms with van der Waals surface area (Å²) >= 11 is 9.68. The predicted molar refractivity (Wildman–Crippen MR) is 78.1 cm³/mol. The van der Waals surface area contributed by atoms with Gasteiger partial charge in [0, 0.05) is 16.1 Å². The van der Waals surface area contributed by atoms with Gasteiger partial charge in [-0.2, -0.15) is 0 Å². The van der Waals surface area contributed by atoms with Gasteiger partial charge in [-0.3, -0.25) is 4.79 Å². The lowest BCUT2D eigenvalue weighted by atomic mass is 10.1. The summed E-state index contributed by atoms with van der Waals surface area (Å²) in [6.07, 6.45) is 5.50. The highest BCUT2D eigenvalue weighted by Gasteiger charge is 2.23. The van der Waals surface area contributed by atoms with Gasteiger partial charge >= 0.3 is 0 Å². The van der Waals surface area contributed by atoms with E-state index >= 15 is 0 Å². The molecule has 2 rings (SSSR count). The molecule has 0 aromatic heterocycles. The van der Waals surface area contributed by atoms with Crippen LogP contribution in [0.25, 0.3) is 0 Å². The third-order valence-corrected chi connectivity index (χ3v) is 4.41. The zero-order valence-electron chi connectivity index (χ0n) is 10.2. The van der Waals surface area contributed by atoms with Crippen LogP contribution < -0.4 is 5.32 Å². The number of benzene rings is 1. The van der Waals surface area contributed by atoms with Crippen LogP contribution in [0, 0.1) is 0 Å². The van der Waals surface area contributed by atoms with E-state index in [-0.39, 0.29) is 17.3 Å². The molecule has 0 spiro atoms. The zero-order chi connectivity index (χ0) is 13.0. The minimum absolute atomic E-state index is 0.0277. The second-order valence-electron chi connectivity index (χ2n) is 4.74. The number of halogens is 2. The molecule has 0 heterocycles. The van der Waals surface area contributed by atoms with E-state index < -0.39 is 0 Å². The van der Waals surface area contributed by atoms with Crippen LogP contribution in [0.15, 0.2) is 28.7 Å². The quantitative estimate of drug-likeness (QED) is 0.641. The Balaban J connectivity index is 1.99. The molecule has 0 radical (unpaired) electrons. The van der Waals surface area contributed by atoms with Gasteiger partial charge in [0.2, 0.25) is 0 Å². The molecular weight excluding hydrogens is 314 g/mol. The van der Waals surface area contributed by atoms with Crippen LogP contribution in [0.2, 0.25) is 0 Å². The number of nitrogens with one attached hydrogen (secondary N) is 1. The summed E-state index contributed by atoms with van der Waals surface area (Å²) in [5.74, 6) is -0.0277. The number of carbonyl (C=O) groups excluding carboxylic acids is 1. The van der Waals surface area contributed by atoms with Crippen molar-refractivity contribution in [2.75, 3.05) is 0 Å². The number of alkyl halides is 1. The standard InChI is InChI=1S/C14H17BrClNO/c15-11-8-6-10(7-9-11)14(18)17-13-5-3-1-2-4-12(13)16/h6-9,12-13H,1-5H2,(H,17,18). The van der Waals surface area contributed by atoms with E-state index in [0.717, 1.165) is 23.7 Å². The third-order valence-electron chi connectivity index (χ3n) is 3.35. The molecule has 2 nitrogen and oxygen atoms in total. The Morgan fingerprint density at radius 2 is 1.83 bits per heavy atom. The maximum atomic E-state index is 12.1. The monoisotopic (exact) mass is 329 g/mol. The lowest BCUT2D eigenvalue weighted by molar-refractivity contribution is 0.0934. The van der Waals surface area contributed by atoms with Gasteiger partial charge in [0.1, 0.15) is 0 Å². The second kappa shape index (κ2) is 6.58. The normalized spacial score (nSPS) is 24.3. The van der Waals surface area contributed by atoms with E-state index in [0.29, 0.717) is 5.56 Å². The van der Waals surface area contributed by atoms with Crippen molar-refractivity contribution in [3.8, 4) is 0 Å². The Bertz CT molecular complexity index is 407. The van der Waals surface area contributed by atoms with Crippen molar-refractivity contribution in [1.82, 2.24) is 5.32 Å². The Labute approximate surface area is 121 Å². The number of rotatable bonds is 2. The molecular formula is C14H17BrClNO. The van der Waals surface area contributed by atoms with Gasteiger partial charge in [-0.1, -0.05) is 35.2 Å². The van der Waals surface area contributed by atoms with Gasteiger partial charge < -0.3 is 5.32 Å². The maximum Gasteiger partial charge on any atom is 0.251 e. The Hall–Kier alpha value is -0.540. The van der Waals surface area contributed by atoms with Crippen LogP contribution in [0.3, 0.4) is 0 Å². The molecule has 1 aromatic rings. The smallest absolute Gasteiger partial charge is 0.251 e. The van der Waals surface area contributed by atoms with Crippen molar-refractivity contribution in [3.05, 3.63) is 34.3 Å². The van der Waals surface area contributed by atoms with Crippen LogP contribution in [-0.4, -0.2) is 17.3 Å². The Morgan fingerprint density at radius 3 is 2.56 bits per heavy atom. The molecule has 98 valence electrons. The van der Waals surface area contributed by atoms with E-state index in [1.165, 1.54) is 12.8 Å². The molecule has 1 amide bonds. The third kappa shape index (κ3) is 3.72. The molecule has 2 unspecified atom stereocenters. The summed E-state index contributed by atoms with van der Waals surface area (Å²) < 4.78 is 0.976. The number of hydrogen-bond donors (Lipinski definition) is 1. The highest BCUT2D eigenvalue weighted by molar-refractivity contribution is 9.10. The lowest BCUT2D eigenvalue weighted by Crippen LogP contribution is -2.40. The van der Waals surface area contributed by atoms with Crippen LogP contribution in [0.1, 0.15) is 42.5 Å². The van der Waals surface area contributed by atoms with Crippen LogP contribution in [0.4, 0.5) is 0 Å². The summed E-state index contributed by atoms with van der Waals surface area (Å²) in [6, 6.07) is 7.49. The fourth-order valence-corrected chi connectivity index (χ4v) is 2.89. The first kappa shape index (κ1) is 13.9. The molecule has 1 aliphatic carbocycles. The van der Waals surface area contributed by atoms with Gasteiger partial charge in [0.25, 0.3) is 5.91 Å². The van der Waals surface area contributed by atoms with E-state index in [9.17, 15) is 4.79 Å². The first-order valence-corrected chi connectivity index (χ1v) is 7.60. The summed E-state index contributed by atoms with van der Waals surface area (Å²) in [4.78, 5) is 12.1. The van der Waals surface area contributed by atoms with Gasteiger partial charge in [0.15, 0.2) is 0 Å². The molecule has 1 N–H and O–H groups in total. The molecule has 0 saturated heterocycles.